The highest BCUT2D eigenvalue weighted by atomic mass is 19.4. The Bertz CT molecular complexity index is 665. The third-order valence-electron chi connectivity index (χ3n) is 2.30. The smallest absolute Gasteiger partial charge is 0.416 e. The van der Waals surface area contributed by atoms with Crippen LogP contribution in [-0.2, 0) is 15.7 Å². The summed E-state index contributed by atoms with van der Waals surface area (Å²) >= 11 is 0. The van der Waals surface area contributed by atoms with E-state index in [-0.39, 0.29) is 12.3 Å². The Morgan fingerprint density at radius 3 is 2.65 bits per heavy atom. The van der Waals surface area contributed by atoms with Crippen LogP contribution >= 0.6 is 0 Å². The van der Waals surface area contributed by atoms with Crippen molar-refractivity contribution >= 4 is 23.4 Å². The number of hydrogen-bond donors (Lipinski definition) is 2. The first kappa shape index (κ1) is 18.0. The molecule has 122 valence electrons. The molecule has 0 atom stereocenters. The van der Waals surface area contributed by atoms with Crippen LogP contribution in [0.5, 0.6) is 0 Å². The molecule has 0 aliphatic carbocycles. The van der Waals surface area contributed by atoms with Gasteiger partial charge in [0.1, 0.15) is 6.07 Å². The van der Waals surface area contributed by atoms with Gasteiger partial charge in [0.05, 0.1) is 17.9 Å². The fourth-order valence-corrected chi connectivity index (χ4v) is 1.33. The lowest BCUT2D eigenvalue weighted by molar-refractivity contribution is -0.137. The molecule has 10 heteroatoms. The highest BCUT2D eigenvalue weighted by Gasteiger charge is 2.30. The number of amides is 2. The number of nitrogens with one attached hydrogen (secondary N) is 2. The van der Waals surface area contributed by atoms with Gasteiger partial charge in [-0.2, -0.15) is 23.5 Å². The quantitative estimate of drug-likeness (QED) is 0.652. The van der Waals surface area contributed by atoms with Gasteiger partial charge in [0.25, 0.3) is 5.91 Å². The van der Waals surface area contributed by atoms with Crippen LogP contribution in [0, 0.1) is 11.3 Å². The van der Waals surface area contributed by atoms with Crippen molar-refractivity contribution < 1.29 is 27.5 Å². The van der Waals surface area contributed by atoms with Crippen molar-refractivity contribution in [2.24, 2.45) is 5.10 Å². The molecular weight excluding hydrogens is 317 g/mol. The highest BCUT2D eigenvalue weighted by molar-refractivity contribution is 6.46. The molecule has 7 nitrogen and oxygen atoms in total. The van der Waals surface area contributed by atoms with Gasteiger partial charge in [0, 0.05) is 0 Å². The van der Waals surface area contributed by atoms with Crippen molar-refractivity contribution in [2.75, 3.05) is 12.0 Å². The normalized spacial score (nSPS) is 11.3. The van der Waals surface area contributed by atoms with Crippen LogP contribution in [-0.4, -0.2) is 24.3 Å². The maximum Gasteiger partial charge on any atom is 0.416 e. The third-order valence-corrected chi connectivity index (χ3v) is 2.30. The van der Waals surface area contributed by atoms with Gasteiger partial charge in [0.15, 0.2) is 0 Å². The number of anilines is 1. The monoisotopic (exact) mass is 328 g/mol. The second-order valence-corrected chi connectivity index (χ2v) is 3.94. The predicted molar refractivity (Wildman–Crippen MR) is 73.3 cm³/mol. The first-order chi connectivity index (χ1) is 10.8. The largest absolute Gasteiger partial charge is 0.450 e. The lowest BCUT2D eigenvalue weighted by Gasteiger charge is -2.08. The molecule has 2 N–H and O–H groups in total. The van der Waals surface area contributed by atoms with Gasteiger partial charge in [-0.1, -0.05) is 6.07 Å². The molecule has 1 aromatic rings. The molecule has 23 heavy (non-hydrogen) atoms. The average Bonchev–Trinajstić information content (AvgIpc) is 2.47. The van der Waals surface area contributed by atoms with Crippen LogP contribution in [0.3, 0.4) is 0 Å². The zero-order valence-electron chi connectivity index (χ0n) is 11.8. The Labute approximate surface area is 128 Å². The molecule has 1 rings (SSSR count). The number of nitriles is 1. The summed E-state index contributed by atoms with van der Waals surface area (Å²) in [5, 5.41) is 13.9. The number of halogens is 3. The fraction of sp³-hybridized carbons (Fsp3) is 0.231. The molecule has 1 aromatic carbocycles. The van der Waals surface area contributed by atoms with E-state index in [1.807, 2.05) is 0 Å². The topological polar surface area (TPSA) is 104 Å². The molecule has 0 aliphatic rings. The Balaban J connectivity index is 2.83. The van der Waals surface area contributed by atoms with Crippen LogP contribution in [0.4, 0.5) is 23.7 Å². The van der Waals surface area contributed by atoms with Gasteiger partial charge >= 0.3 is 12.3 Å². The second kappa shape index (κ2) is 7.79. The van der Waals surface area contributed by atoms with Crippen LogP contribution in [0.25, 0.3) is 0 Å². The van der Waals surface area contributed by atoms with E-state index < -0.39 is 29.5 Å². The summed E-state index contributed by atoms with van der Waals surface area (Å²) in [5.74, 6) is -1.15. The number of carbonyl (C=O) groups excluding carboxylic acids is 2. The van der Waals surface area contributed by atoms with Crippen molar-refractivity contribution in [3.8, 4) is 6.07 Å². The Kier molecular flexibility index (Phi) is 6.08. The van der Waals surface area contributed by atoms with Crippen molar-refractivity contribution in [3.63, 3.8) is 0 Å². The number of alkyl carbamates (subject to hydrolysis) is 1. The SMILES string of the molecule is CCOC(=O)NC(=O)/C(C#N)=N\Nc1cccc(C(F)(F)F)c1. The number of nitrogens with zero attached hydrogens (tertiary/aromatic N) is 2. The summed E-state index contributed by atoms with van der Waals surface area (Å²) < 4.78 is 42.1. The number of hydrogen-bond acceptors (Lipinski definition) is 6. The Morgan fingerprint density at radius 2 is 2.09 bits per heavy atom. The van der Waals surface area contributed by atoms with Gasteiger partial charge < -0.3 is 4.74 Å². The van der Waals surface area contributed by atoms with E-state index in [1.165, 1.54) is 19.1 Å². The van der Waals surface area contributed by atoms with Gasteiger partial charge in [-0.3, -0.25) is 15.5 Å². The number of ether oxygens (including phenoxy) is 1. The number of benzene rings is 1. The first-order valence-electron chi connectivity index (χ1n) is 6.17. The molecule has 0 radical (unpaired) electrons. The maximum atomic E-state index is 12.5. The lowest BCUT2D eigenvalue weighted by atomic mass is 10.2. The van der Waals surface area contributed by atoms with E-state index in [4.69, 9.17) is 5.26 Å². The number of alkyl halides is 3. The third kappa shape index (κ3) is 5.66. The molecular formula is C13H11F3N4O3. The van der Waals surface area contributed by atoms with Crippen LogP contribution in [0.15, 0.2) is 29.4 Å². The average molecular weight is 328 g/mol. The minimum atomic E-state index is -4.54. The summed E-state index contributed by atoms with van der Waals surface area (Å²) in [6, 6.07) is 5.41. The predicted octanol–water partition coefficient (Wildman–Crippen LogP) is 2.27. The van der Waals surface area contributed by atoms with Crippen molar-refractivity contribution in [1.82, 2.24) is 5.32 Å². The van der Waals surface area contributed by atoms with Gasteiger partial charge in [-0.05, 0) is 25.1 Å². The molecule has 0 spiro atoms. The summed E-state index contributed by atoms with van der Waals surface area (Å²) in [7, 11) is 0. The van der Waals surface area contributed by atoms with Gasteiger partial charge in [-0.25, -0.2) is 4.79 Å². The molecule has 0 saturated heterocycles. The second-order valence-electron chi connectivity index (χ2n) is 3.94. The van der Waals surface area contributed by atoms with Crippen LogP contribution < -0.4 is 10.7 Å². The molecule has 0 aromatic heterocycles. The van der Waals surface area contributed by atoms with Gasteiger partial charge in [-0.15, -0.1) is 0 Å². The summed E-state index contributed by atoms with van der Waals surface area (Å²) in [6.07, 6.45) is -5.61. The lowest BCUT2D eigenvalue weighted by Crippen LogP contribution is -2.36. The molecule has 2 amide bonds. The molecule has 0 unspecified atom stereocenters. The van der Waals surface area contributed by atoms with E-state index in [0.717, 1.165) is 18.2 Å². The van der Waals surface area contributed by atoms with E-state index in [2.05, 4.69) is 15.3 Å². The van der Waals surface area contributed by atoms with E-state index in [1.54, 1.807) is 5.32 Å². The highest BCUT2D eigenvalue weighted by Crippen LogP contribution is 2.30. The Morgan fingerprint density at radius 1 is 1.39 bits per heavy atom. The molecule has 0 heterocycles. The zero-order chi connectivity index (χ0) is 17.5. The van der Waals surface area contributed by atoms with Crippen LogP contribution in [0.1, 0.15) is 12.5 Å². The number of rotatable bonds is 4. The number of imide groups is 1. The van der Waals surface area contributed by atoms with E-state index in [9.17, 15) is 22.8 Å². The van der Waals surface area contributed by atoms with Gasteiger partial charge in [0.2, 0.25) is 5.71 Å². The number of hydrazone groups is 1. The molecule has 0 aliphatic heterocycles. The minimum Gasteiger partial charge on any atom is -0.450 e. The van der Waals surface area contributed by atoms with E-state index >= 15 is 0 Å². The summed E-state index contributed by atoms with van der Waals surface area (Å²) in [6.45, 7) is 1.53. The number of carbonyl (C=O) groups is 2. The standard InChI is InChI=1S/C13H11F3N4O3/c1-2-23-12(22)18-11(21)10(7-17)20-19-9-5-3-4-8(6-9)13(14,15)16/h3-6,19H,2H2,1H3,(H,18,21,22)/b20-10-. The molecule has 0 bridgehead atoms. The maximum absolute atomic E-state index is 12.5. The van der Waals surface area contributed by atoms with Crippen molar-refractivity contribution in [1.29, 1.82) is 5.26 Å². The molecule has 0 saturated carbocycles. The van der Waals surface area contributed by atoms with E-state index in [0.29, 0.717) is 0 Å². The minimum absolute atomic E-state index is 0.0145. The Hall–Kier alpha value is -3.09. The van der Waals surface area contributed by atoms with Crippen molar-refractivity contribution in [2.45, 2.75) is 13.1 Å². The molecule has 0 fully saturated rings. The zero-order valence-corrected chi connectivity index (χ0v) is 11.8. The van der Waals surface area contributed by atoms with Crippen LogP contribution in [0.2, 0.25) is 0 Å². The first-order valence-corrected chi connectivity index (χ1v) is 6.17. The fourth-order valence-electron chi connectivity index (χ4n) is 1.33. The summed E-state index contributed by atoms with van der Waals surface area (Å²) in [4.78, 5) is 22.6. The van der Waals surface area contributed by atoms with Crippen molar-refractivity contribution in [3.05, 3.63) is 29.8 Å². The summed E-state index contributed by atoms with van der Waals surface area (Å²) in [5.41, 5.74) is 0.382.